The van der Waals surface area contributed by atoms with Crippen LogP contribution in [0.15, 0.2) is 47.5 Å². The Balaban J connectivity index is 1.41. The summed E-state index contributed by atoms with van der Waals surface area (Å²) in [4.78, 5) is 45.9. The van der Waals surface area contributed by atoms with E-state index in [4.69, 9.17) is 4.74 Å². The molecule has 1 amide bonds. The van der Waals surface area contributed by atoms with Crippen molar-refractivity contribution in [2.75, 3.05) is 11.9 Å². The van der Waals surface area contributed by atoms with Crippen molar-refractivity contribution in [3.8, 4) is 10.4 Å². The number of benzene rings is 1. The van der Waals surface area contributed by atoms with E-state index >= 15 is 0 Å². The van der Waals surface area contributed by atoms with Crippen molar-refractivity contribution in [1.29, 1.82) is 0 Å². The van der Waals surface area contributed by atoms with Gasteiger partial charge in [-0.15, -0.1) is 22.7 Å². The number of hydrogen-bond donors (Lipinski definition) is 1. The Hall–Kier alpha value is -3.30. The predicted octanol–water partition coefficient (Wildman–Crippen LogP) is 5.13. The molecule has 35 heavy (non-hydrogen) atoms. The highest BCUT2D eigenvalue weighted by atomic mass is 32.1. The van der Waals surface area contributed by atoms with Crippen molar-refractivity contribution in [3.63, 3.8) is 0 Å². The van der Waals surface area contributed by atoms with Crippen LogP contribution in [0.2, 0.25) is 0 Å². The molecule has 0 spiro atoms. The molecule has 0 radical (unpaired) electrons. The Morgan fingerprint density at radius 2 is 2.03 bits per heavy atom. The average Bonchev–Trinajstić information content (AvgIpc) is 3.43. The fourth-order valence-electron chi connectivity index (χ4n) is 4.40. The Bertz CT molecular complexity index is 1470. The van der Waals surface area contributed by atoms with Gasteiger partial charge in [-0.2, -0.15) is 0 Å². The number of hydrogen-bond acceptors (Lipinski definition) is 7. The first-order valence-corrected chi connectivity index (χ1v) is 13.2. The summed E-state index contributed by atoms with van der Waals surface area (Å²) in [5.41, 5.74) is 2.18. The van der Waals surface area contributed by atoms with Crippen molar-refractivity contribution in [2.24, 2.45) is 5.92 Å². The van der Waals surface area contributed by atoms with Gasteiger partial charge in [-0.1, -0.05) is 37.3 Å². The van der Waals surface area contributed by atoms with Crippen LogP contribution in [0.5, 0.6) is 0 Å². The van der Waals surface area contributed by atoms with Gasteiger partial charge in [-0.25, -0.2) is 9.78 Å². The molecule has 3 aromatic heterocycles. The van der Waals surface area contributed by atoms with E-state index in [1.54, 1.807) is 6.92 Å². The largest absolute Gasteiger partial charge is 0.462 e. The minimum Gasteiger partial charge on any atom is -0.462 e. The van der Waals surface area contributed by atoms with Crippen LogP contribution < -0.4 is 10.9 Å². The number of carbonyl (C=O) groups excluding carboxylic acids is 2. The molecule has 5 rings (SSSR count). The van der Waals surface area contributed by atoms with E-state index in [9.17, 15) is 14.4 Å². The maximum Gasteiger partial charge on any atom is 0.341 e. The molecule has 4 aromatic rings. The number of anilines is 1. The minimum atomic E-state index is -0.415. The van der Waals surface area contributed by atoms with Crippen LogP contribution in [0.4, 0.5) is 5.00 Å². The molecule has 1 aliphatic carbocycles. The topological polar surface area (TPSA) is 90.3 Å². The van der Waals surface area contributed by atoms with Crippen LogP contribution in [0.1, 0.15) is 41.1 Å². The highest BCUT2D eigenvalue weighted by Crippen LogP contribution is 2.40. The summed E-state index contributed by atoms with van der Waals surface area (Å²) >= 11 is 2.88. The van der Waals surface area contributed by atoms with Crippen molar-refractivity contribution < 1.29 is 14.3 Å². The molecule has 0 fully saturated rings. The van der Waals surface area contributed by atoms with E-state index in [-0.39, 0.29) is 24.6 Å². The van der Waals surface area contributed by atoms with Gasteiger partial charge in [0.2, 0.25) is 5.91 Å². The van der Waals surface area contributed by atoms with Gasteiger partial charge in [0, 0.05) is 9.75 Å². The van der Waals surface area contributed by atoms with Crippen LogP contribution in [-0.4, -0.2) is 28.0 Å². The summed E-state index contributed by atoms with van der Waals surface area (Å²) in [5.74, 6) is -0.270. The molecule has 3 heterocycles. The second kappa shape index (κ2) is 9.75. The highest BCUT2D eigenvalue weighted by molar-refractivity contribution is 7.21. The van der Waals surface area contributed by atoms with E-state index < -0.39 is 5.97 Å². The molecule has 0 aliphatic heterocycles. The average molecular weight is 508 g/mol. The number of thiophene rings is 2. The van der Waals surface area contributed by atoms with Crippen LogP contribution in [-0.2, 0) is 28.9 Å². The molecule has 9 heteroatoms. The normalized spacial score (nSPS) is 15.1. The number of nitrogens with zero attached hydrogens (tertiary/aromatic N) is 2. The molecule has 1 N–H and O–H groups in total. The van der Waals surface area contributed by atoms with Crippen molar-refractivity contribution in [2.45, 2.75) is 39.7 Å². The van der Waals surface area contributed by atoms with Crippen LogP contribution in [0.25, 0.3) is 20.7 Å². The zero-order chi connectivity index (χ0) is 24.5. The monoisotopic (exact) mass is 507 g/mol. The second-order valence-corrected chi connectivity index (χ2v) is 10.8. The quantitative estimate of drug-likeness (QED) is 0.366. The molecule has 0 bridgehead atoms. The molecular formula is C26H25N3O4S2. The Labute approximate surface area is 210 Å². The lowest BCUT2D eigenvalue weighted by molar-refractivity contribution is -0.116. The van der Waals surface area contributed by atoms with Crippen molar-refractivity contribution >= 4 is 49.8 Å². The van der Waals surface area contributed by atoms with Crippen LogP contribution in [0, 0.1) is 5.92 Å². The number of aromatic nitrogens is 2. The van der Waals surface area contributed by atoms with Gasteiger partial charge in [-0.05, 0) is 49.3 Å². The molecule has 1 unspecified atom stereocenters. The first kappa shape index (κ1) is 23.4. The third kappa shape index (κ3) is 4.66. The molecule has 1 aliphatic rings. The number of rotatable bonds is 6. The fraction of sp³-hybridized carbons (Fsp3) is 0.308. The van der Waals surface area contributed by atoms with Gasteiger partial charge in [0.15, 0.2) is 0 Å². The summed E-state index contributed by atoms with van der Waals surface area (Å²) in [5, 5.41) is 3.85. The standard InChI is InChI=1S/C26H25N3O4S2/c1-3-33-26(32)22-17-10-9-15(2)11-20(17)35-24(22)28-21(30)13-29-14-27-23-18(25(29)31)12-19(34-23)16-7-5-4-6-8-16/h4-8,12,14-15H,3,9-11,13H2,1-2H3,(H,28,30). The van der Waals surface area contributed by atoms with E-state index in [0.29, 0.717) is 26.7 Å². The summed E-state index contributed by atoms with van der Waals surface area (Å²) < 4.78 is 6.58. The van der Waals surface area contributed by atoms with Gasteiger partial charge in [0.1, 0.15) is 16.4 Å². The van der Waals surface area contributed by atoms with Gasteiger partial charge in [0.05, 0.1) is 23.9 Å². The molecule has 1 atom stereocenters. The van der Waals surface area contributed by atoms with Crippen LogP contribution >= 0.6 is 22.7 Å². The minimum absolute atomic E-state index is 0.195. The van der Waals surface area contributed by atoms with Gasteiger partial charge < -0.3 is 10.1 Å². The van der Waals surface area contributed by atoms with E-state index in [2.05, 4.69) is 17.2 Å². The maximum absolute atomic E-state index is 13.1. The Morgan fingerprint density at radius 3 is 2.80 bits per heavy atom. The summed E-state index contributed by atoms with van der Waals surface area (Å²) in [6.45, 7) is 4.02. The van der Waals surface area contributed by atoms with Crippen molar-refractivity contribution in [1.82, 2.24) is 9.55 Å². The molecular weight excluding hydrogens is 482 g/mol. The maximum atomic E-state index is 13.1. The Kier molecular flexibility index (Phi) is 6.53. The summed E-state index contributed by atoms with van der Waals surface area (Å²) in [6, 6.07) is 11.6. The number of carbonyl (C=O) groups is 2. The number of ether oxygens (including phenoxy) is 1. The SMILES string of the molecule is CCOC(=O)c1c(NC(=O)Cn2cnc3sc(-c4ccccc4)cc3c2=O)sc2c1CCC(C)C2. The lowest BCUT2D eigenvalue weighted by Crippen LogP contribution is -2.27. The summed E-state index contributed by atoms with van der Waals surface area (Å²) in [7, 11) is 0. The zero-order valence-electron chi connectivity index (χ0n) is 19.5. The smallest absolute Gasteiger partial charge is 0.341 e. The van der Waals surface area contributed by atoms with Crippen molar-refractivity contribution in [3.05, 3.63) is 69.1 Å². The first-order chi connectivity index (χ1) is 16.9. The molecule has 1 aromatic carbocycles. The highest BCUT2D eigenvalue weighted by Gasteiger charge is 2.29. The number of esters is 1. The first-order valence-electron chi connectivity index (χ1n) is 11.6. The van der Waals surface area contributed by atoms with E-state index in [1.165, 1.54) is 33.6 Å². The zero-order valence-corrected chi connectivity index (χ0v) is 21.1. The predicted molar refractivity (Wildman–Crippen MR) is 139 cm³/mol. The molecule has 7 nitrogen and oxygen atoms in total. The molecule has 0 saturated heterocycles. The number of fused-ring (bicyclic) bond motifs is 2. The van der Waals surface area contributed by atoms with Gasteiger partial charge in [-0.3, -0.25) is 14.2 Å². The number of amides is 1. The lowest BCUT2D eigenvalue weighted by atomic mass is 9.88. The molecule has 0 saturated carbocycles. The summed E-state index contributed by atoms with van der Waals surface area (Å²) in [6.07, 6.45) is 4.07. The third-order valence-electron chi connectivity index (χ3n) is 6.13. The molecule has 180 valence electrons. The lowest BCUT2D eigenvalue weighted by Gasteiger charge is -2.18. The van der Waals surface area contributed by atoms with Gasteiger partial charge in [0.25, 0.3) is 5.56 Å². The van der Waals surface area contributed by atoms with E-state index in [1.807, 2.05) is 36.4 Å². The number of nitrogens with one attached hydrogen (secondary N) is 1. The van der Waals surface area contributed by atoms with E-state index in [0.717, 1.165) is 40.1 Å². The second-order valence-electron chi connectivity index (χ2n) is 8.70. The Morgan fingerprint density at radius 1 is 1.23 bits per heavy atom. The third-order valence-corrected chi connectivity index (χ3v) is 8.40. The van der Waals surface area contributed by atoms with Crippen LogP contribution in [0.3, 0.4) is 0 Å². The fourth-order valence-corrected chi connectivity index (χ4v) is 6.81. The van der Waals surface area contributed by atoms with Gasteiger partial charge >= 0.3 is 5.97 Å².